The van der Waals surface area contributed by atoms with Gasteiger partial charge in [-0.15, -0.1) is 0 Å². The van der Waals surface area contributed by atoms with Gasteiger partial charge in [0.25, 0.3) is 5.91 Å². The van der Waals surface area contributed by atoms with Crippen molar-refractivity contribution in [3.8, 4) is 0 Å². The fraction of sp³-hybridized carbons (Fsp3) is 0.250. The van der Waals surface area contributed by atoms with Crippen molar-refractivity contribution >= 4 is 46.3 Å². The maximum absolute atomic E-state index is 15.2. The Morgan fingerprint density at radius 1 is 1.15 bits per heavy atom. The smallest absolute Gasteiger partial charge is 0.414 e. The number of carbonyl (C=O) groups excluding carboxylic acids is 1. The van der Waals surface area contributed by atoms with E-state index in [9.17, 15) is 19.8 Å². The highest BCUT2D eigenvalue weighted by Crippen LogP contribution is 2.46. The summed E-state index contributed by atoms with van der Waals surface area (Å²) >= 11 is 6.03. The Morgan fingerprint density at radius 2 is 1.93 bits per heavy atom. The van der Waals surface area contributed by atoms with Crippen LogP contribution in [0.1, 0.15) is 21.5 Å². The van der Waals surface area contributed by atoms with Crippen LogP contribution in [0.15, 0.2) is 60.7 Å². The molecule has 1 saturated heterocycles. The van der Waals surface area contributed by atoms with E-state index in [-0.39, 0.29) is 39.9 Å². The summed E-state index contributed by atoms with van der Waals surface area (Å²) in [7, 11) is 0. The van der Waals surface area contributed by atoms with Crippen LogP contribution in [0, 0.1) is 5.82 Å². The fourth-order valence-corrected chi connectivity index (χ4v) is 5.46. The van der Waals surface area contributed by atoms with E-state index in [0.717, 1.165) is 22.9 Å². The number of nitrogens with zero attached hydrogens (tertiary/aromatic N) is 4. The number of imidazole rings is 1. The quantitative estimate of drug-likeness (QED) is 0.323. The molecule has 3 aromatic carbocycles. The van der Waals surface area contributed by atoms with Crippen molar-refractivity contribution in [1.82, 2.24) is 14.9 Å². The predicted molar refractivity (Wildman–Crippen MR) is 146 cm³/mol. The Bertz CT molecular complexity index is 1620. The van der Waals surface area contributed by atoms with Gasteiger partial charge in [-0.05, 0) is 30.3 Å². The molecule has 2 aliphatic rings. The number of aromatic amines is 1. The van der Waals surface area contributed by atoms with Crippen LogP contribution in [0.2, 0.25) is 5.02 Å². The van der Waals surface area contributed by atoms with Gasteiger partial charge in [-0.25, -0.2) is 19.1 Å². The van der Waals surface area contributed by atoms with E-state index in [2.05, 4.69) is 14.9 Å². The second-order valence-corrected chi connectivity index (χ2v) is 10.0. The van der Waals surface area contributed by atoms with E-state index in [1.165, 1.54) is 18.2 Å². The van der Waals surface area contributed by atoms with Crippen LogP contribution in [-0.4, -0.2) is 76.5 Å². The number of amides is 2. The minimum absolute atomic E-state index is 0.125. The first kappa shape index (κ1) is 26.2. The summed E-state index contributed by atoms with van der Waals surface area (Å²) in [5.74, 6) is -1.31. The molecule has 4 aromatic rings. The van der Waals surface area contributed by atoms with Gasteiger partial charge in [0.1, 0.15) is 0 Å². The van der Waals surface area contributed by atoms with E-state index in [1.807, 2.05) is 0 Å². The van der Waals surface area contributed by atoms with Crippen LogP contribution in [0.25, 0.3) is 11.0 Å². The number of benzene rings is 3. The third-order valence-corrected chi connectivity index (χ3v) is 7.63. The zero-order valence-electron chi connectivity index (χ0n) is 21.2. The first-order valence-corrected chi connectivity index (χ1v) is 13.1. The van der Waals surface area contributed by atoms with E-state index in [0.29, 0.717) is 30.8 Å². The molecule has 1 aromatic heterocycles. The van der Waals surface area contributed by atoms with Crippen LogP contribution in [0.3, 0.4) is 0 Å². The zero-order valence-corrected chi connectivity index (χ0v) is 21.9. The number of hydrogen-bond acceptors (Lipinski definition) is 6. The van der Waals surface area contributed by atoms with Crippen LogP contribution in [0.4, 0.5) is 20.8 Å². The number of nitrogens with one attached hydrogen (secondary N) is 1. The number of morpholine rings is 1. The average molecular weight is 566 g/mol. The summed E-state index contributed by atoms with van der Waals surface area (Å²) in [4.78, 5) is 37.4. The first-order chi connectivity index (χ1) is 19.3. The lowest BCUT2D eigenvalue weighted by molar-refractivity contribution is 0.0392. The monoisotopic (exact) mass is 565 g/mol. The summed E-state index contributed by atoms with van der Waals surface area (Å²) in [6, 6.07) is 15.5. The molecule has 12 heteroatoms. The highest BCUT2D eigenvalue weighted by molar-refractivity contribution is 6.31. The number of carboxylic acid groups (broad SMARTS) is 1. The minimum Gasteiger partial charge on any atom is -0.465 e. The van der Waals surface area contributed by atoms with Crippen LogP contribution >= 0.6 is 11.6 Å². The largest absolute Gasteiger partial charge is 0.465 e. The fourth-order valence-electron chi connectivity index (χ4n) is 5.29. The molecule has 0 radical (unpaired) electrons. The molecule has 0 spiro atoms. The number of aromatic nitrogens is 2. The Hall–Kier alpha value is -4.03. The summed E-state index contributed by atoms with van der Waals surface area (Å²) in [5.41, 5.74) is -0.627. The molecule has 1 fully saturated rings. The molecule has 0 saturated carbocycles. The van der Waals surface area contributed by atoms with Gasteiger partial charge < -0.3 is 19.9 Å². The zero-order chi connectivity index (χ0) is 28.0. The molecule has 10 nitrogen and oxygen atoms in total. The summed E-state index contributed by atoms with van der Waals surface area (Å²) in [6.07, 6.45) is -1.16. The van der Waals surface area contributed by atoms with E-state index in [1.54, 1.807) is 42.5 Å². The average Bonchev–Trinajstić information content (AvgIpc) is 3.47. The van der Waals surface area contributed by atoms with Gasteiger partial charge in [0.05, 0.1) is 35.0 Å². The number of ether oxygens (including phenoxy) is 1. The Morgan fingerprint density at radius 3 is 2.70 bits per heavy atom. The number of rotatable bonds is 6. The molecule has 1 unspecified atom stereocenters. The number of carbonyl (C=O) groups is 2. The predicted octanol–water partition coefficient (Wildman–Crippen LogP) is 4.03. The van der Waals surface area contributed by atoms with E-state index >= 15 is 4.39 Å². The Kier molecular flexibility index (Phi) is 6.67. The van der Waals surface area contributed by atoms with Gasteiger partial charge in [-0.1, -0.05) is 41.9 Å². The van der Waals surface area contributed by atoms with E-state index < -0.39 is 23.5 Å². The maximum Gasteiger partial charge on any atom is 0.414 e. The molecule has 206 valence electrons. The topological polar surface area (TPSA) is 122 Å². The normalized spacial score (nSPS) is 19.3. The molecule has 2 aliphatic heterocycles. The van der Waals surface area contributed by atoms with Crippen LogP contribution < -0.4 is 9.80 Å². The van der Waals surface area contributed by atoms with Crippen molar-refractivity contribution < 1.29 is 28.9 Å². The number of anilines is 2. The van der Waals surface area contributed by atoms with Crippen molar-refractivity contribution in [2.75, 3.05) is 49.2 Å². The third-order valence-electron chi connectivity index (χ3n) is 7.33. The first-order valence-electron chi connectivity index (χ1n) is 12.7. The SMILES string of the molecule is O=C(O)N(CCN1CCOCC1)c1nc2ccc(C3(O)c4ccccc4C(=O)N3c3cccc(Cl)c3F)cc2[nH]1. The van der Waals surface area contributed by atoms with Gasteiger partial charge in [-0.2, -0.15) is 0 Å². The molecule has 3 N–H and O–H groups in total. The lowest BCUT2D eigenvalue weighted by Crippen LogP contribution is -2.45. The molecule has 40 heavy (non-hydrogen) atoms. The highest BCUT2D eigenvalue weighted by Gasteiger charge is 2.51. The molecular weight excluding hydrogens is 541 g/mol. The van der Waals surface area contributed by atoms with E-state index in [4.69, 9.17) is 16.3 Å². The van der Waals surface area contributed by atoms with Gasteiger partial charge in [0.2, 0.25) is 5.95 Å². The van der Waals surface area contributed by atoms with Crippen LogP contribution in [-0.2, 0) is 10.5 Å². The van der Waals surface area contributed by atoms with Gasteiger partial charge in [0, 0.05) is 42.9 Å². The lowest BCUT2D eigenvalue weighted by Gasteiger charge is -2.35. The molecule has 2 amide bonds. The molecular formula is C28H25ClFN5O5. The van der Waals surface area contributed by atoms with Crippen molar-refractivity contribution in [3.05, 3.63) is 88.2 Å². The Labute approximate surface area is 233 Å². The van der Waals surface area contributed by atoms with Crippen molar-refractivity contribution in [1.29, 1.82) is 0 Å². The highest BCUT2D eigenvalue weighted by atomic mass is 35.5. The van der Waals surface area contributed by atoms with Gasteiger partial charge in [0.15, 0.2) is 11.5 Å². The number of aliphatic hydroxyl groups is 1. The lowest BCUT2D eigenvalue weighted by atomic mass is 9.93. The molecule has 1 atom stereocenters. The summed E-state index contributed by atoms with van der Waals surface area (Å²) in [5, 5.41) is 21.9. The molecule has 3 heterocycles. The van der Waals surface area contributed by atoms with Crippen LogP contribution in [0.5, 0.6) is 0 Å². The number of fused-ring (bicyclic) bond motifs is 2. The maximum atomic E-state index is 15.2. The third kappa shape index (κ3) is 4.27. The standard InChI is InChI=1S/C28H25ClFN5O5/c29-20-6-3-7-23(24(20)30)35-25(36)18-4-1-2-5-19(18)28(35,39)17-8-9-21-22(16-17)32-26(31-21)34(27(37)38)11-10-33-12-14-40-15-13-33/h1-9,16,39H,10-15H2,(H,31,32)(H,37,38). The summed E-state index contributed by atoms with van der Waals surface area (Å²) in [6.45, 7) is 3.35. The van der Waals surface area contributed by atoms with Crippen molar-refractivity contribution in [2.45, 2.75) is 5.72 Å². The van der Waals surface area contributed by atoms with Crippen molar-refractivity contribution in [3.63, 3.8) is 0 Å². The number of H-pyrrole nitrogens is 1. The van der Waals surface area contributed by atoms with Crippen molar-refractivity contribution in [2.24, 2.45) is 0 Å². The molecule has 6 rings (SSSR count). The minimum atomic E-state index is -2.08. The number of halogens is 2. The number of hydrogen-bond donors (Lipinski definition) is 3. The van der Waals surface area contributed by atoms with Gasteiger partial charge >= 0.3 is 6.09 Å². The Balaban J connectivity index is 1.40. The second kappa shape index (κ2) is 10.2. The molecule has 0 bridgehead atoms. The second-order valence-electron chi connectivity index (χ2n) is 9.61. The van der Waals surface area contributed by atoms with Gasteiger partial charge in [-0.3, -0.25) is 14.6 Å². The summed E-state index contributed by atoms with van der Waals surface area (Å²) < 4.78 is 20.6. The molecule has 0 aliphatic carbocycles.